The van der Waals surface area contributed by atoms with E-state index >= 15 is 0 Å². The third kappa shape index (κ3) is 2.03. The second-order valence-corrected chi connectivity index (χ2v) is 8.30. The van der Waals surface area contributed by atoms with E-state index in [1.165, 1.54) is 4.40 Å². The van der Waals surface area contributed by atoms with Crippen molar-refractivity contribution < 1.29 is 0 Å². The van der Waals surface area contributed by atoms with Crippen molar-refractivity contribution in [2.45, 2.75) is 5.76 Å². The predicted molar refractivity (Wildman–Crippen MR) is 43.5 cm³/mol. The fourth-order valence-corrected chi connectivity index (χ4v) is 2.69. The Morgan fingerprint density at radius 3 is 2.11 bits per heavy atom. The van der Waals surface area contributed by atoms with Crippen LogP contribution in [0, 0.1) is 0 Å². The van der Waals surface area contributed by atoms with E-state index in [9.17, 15) is 0 Å². The van der Waals surface area contributed by atoms with Crippen LogP contribution in [0.4, 0.5) is 0 Å². The number of rotatable bonds is 1. The molecule has 2 heteroatoms. The molecule has 0 saturated heterocycles. The molecule has 1 aromatic carbocycles. The maximum absolute atomic E-state index is 5.97. The average Bonchev–Trinajstić information content (AvgIpc) is 1.90. The van der Waals surface area contributed by atoms with Crippen LogP contribution in [0.5, 0.6) is 0 Å². The van der Waals surface area contributed by atoms with Crippen LogP contribution in [0.1, 0.15) is 0 Å². The molecule has 0 aliphatic carbocycles. The van der Waals surface area contributed by atoms with Gasteiger partial charge in [-0.15, -0.1) is 0 Å². The van der Waals surface area contributed by atoms with Gasteiger partial charge in [0, 0.05) is 0 Å². The van der Waals surface area contributed by atoms with Crippen LogP contribution in [0.2, 0.25) is 5.76 Å². The first-order valence-corrected chi connectivity index (χ1v) is 8.75. The second-order valence-electron chi connectivity index (χ2n) is 1.90. The molecular weight excluding hydrogens is 192 g/mol. The van der Waals surface area contributed by atoms with Gasteiger partial charge < -0.3 is 0 Å². The molecule has 0 unspecified atom stereocenters. The summed E-state index contributed by atoms with van der Waals surface area (Å²) >= 11 is -1.29. The normalized spacial score (nSPS) is 10.1. The zero-order valence-electron chi connectivity index (χ0n) is 5.26. The average molecular weight is 200 g/mol. The standard InChI is InChI=1S/C7H8ClGe/c1-9(8)7-5-3-2-4-6-7/h2-6H,1H3. The third-order valence-corrected chi connectivity index (χ3v) is 4.67. The van der Waals surface area contributed by atoms with E-state index in [0.717, 1.165) is 0 Å². The zero-order chi connectivity index (χ0) is 6.69. The molecule has 0 aliphatic heterocycles. The van der Waals surface area contributed by atoms with Gasteiger partial charge >= 0.3 is 63.9 Å². The van der Waals surface area contributed by atoms with E-state index < -0.39 is 13.4 Å². The maximum atomic E-state index is 5.97. The molecule has 0 bridgehead atoms. The molecule has 0 spiro atoms. The summed E-state index contributed by atoms with van der Waals surface area (Å²) in [5.41, 5.74) is 0. The van der Waals surface area contributed by atoms with Gasteiger partial charge in [0.15, 0.2) is 0 Å². The number of benzene rings is 1. The molecule has 0 amide bonds. The van der Waals surface area contributed by atoms with Crippen LogP contribution in [0.15, 0.2) is 30.3 Å². The SMILES string of the molecule is [CH3][Ge]([Cl])[c]1ccccc1. The zero-order valence-corrected chi connectivity index (χ0v) is 8.12. The molecule has 0 fully saturated rings. The Balaban J connectivity index is 2.85. The minimum atomic E-state index is -1.29. The molecule has 0 saturated carbocycles. The Morgan fingerprint density at radius 1 is 1.22 bits per heavy atom. The van der Waals surface area contributed by atoms with Gasteiger partial charge in [-0.05, 0) is 0 Å². The number of hydrogen-bond donors (Lipinski definition) is 0. The molecule has 1 rings (SSSR count). The Bertz CT molecular complexity index is 172. The van der Waals surface area contributed by atoms with Gasteiger partial charge in [-0.3, -0.25) is 0 Å². The minimum absolute atomic E-state index is 1.29. The van der Waals surface area contributed by atoms with Crippen molar-refractivity contribution in [2.75, 3.05) is 0 Å². The summed E-state index contributed by atoms with van der Waals surface area (Å²) in [7, 11) is 5.97. The van der Waals surface area contributed by atoms with Crippen LogP contribution in [0.3, 0.4) is 0 Å². The van der Waals surface area contributed by atoms with Gasteiger partial charge in [-0.25, -0.2) is 0 Å². The molecule has 0 aliphatic rings. The fraction of sp³-hybridized carbons (Fsp3) is 0.143. The van der Waals surface area contributed by atoms with Crippen molar-refractivity contribution >= 4 is 27.8 Å². The van der Waals surface area contributed by atoms with Crippen LogP contribution in [-0.4, -0.2) is 13.4 Å². The van der Waals surface area contributed by atoms with E-state index in [0.29, 0.717) is 0 Å². The molecule has 1 aromatic rings. The molecule has 0 aromatic heterocycles. The summed E-state index contributed by atoms with van der Waals surface area (Å²) in [5, 5.41) is 0. The number of halogens is 1. The van der Waals surface area contributed by atoms with Gasteiger partial charge in [0.25, 0.3) is 0 Å². The molecule has 47 valence electrons. The van der Waals surface area contributed by atoms with E-state index in [1.54, 1.807) is 0 Å². The van der Waals surface area contributed by atoms with Gasteiger partial charge in [-0.2, -0.15) is 0 Å². The first kappa shape index (κ1) is 7.16. The van der Waals surface area contributed by atoms with Crippen molar-refractivity contribution in [2.24, 2.45) is 0 Å². The van der Waals surface area contributed by atoms with Crippen molar-refractivity contribution in [3.63, 3.8) is 0 Å². The van der Waals surface area contributed by atoms with E-state index in [-0.39, 0.29) is 0 Å². The fourth-order valence-electron chi connectivity index (χ4n) is 0.668. The van der Waals surface area contributed by atoms with E-state index in [2.05, 4.69) is 17.9 Å². The monoisotopic (exact) mass is 201 g/mol. The van der Waals surface area contributed by atoms with Crippen LogP contribution < -0.4 is 4.40 Å². The summed E-state index contributed by atoms with van der Waals surface area (Å²) in [6.45, 7) is 0. The molecule has 9 heavy (non-hydrogen) atoms. The van der Waals surface area contributed by atoms with E-state index in [4.69, 9.17) is 10.0 Å². The van der Waals surface area contributed by atoms with Crippen molar-refractivity contribution in [3.05, 3.63) is 30.3 Å². The van der Waals surface area contributed by atoms with Gasteiger partial charge in [0.05, 0.1) is 0 Å². The molecule has 1 radical (unpaired) electrons. The van der Waals surface area contributed by atoms with Gasteiger partial charge in [0.1, 0.15) is 0 Å². The summed E-state index contributed by atoms with van der Waals surface area (Å²) in [4.78, 5) is 0. The molecule has 0 nitrogen and oxygen atoms in total. The van der Waals surface area contributed by atoms with Crippen LogP contribution >= 0.6 is 10.0 Å². The van der Waals surface area contributed by atoms with Crippen molar-refractivity contribution in [3.8, 4) is 0 Å². The summed E-state index contributed by atoms with van der Waals surface area (Å²) in [5.74, 6) is 2.14. The first-order chi connectivity index (χ1) is 4.30. The van der Waals surface area contributed by atoms with Crippen LogP contribution in [0.25, 0.3) is 0 Å². The van der Waals surface area contributed by atoms with Gasteiger partial charge in [-0.1, -0.05) is 0 Å². The van der Waals surface area contributed by atoms with Gasteiger partial charge in [0.2, 0.25) is 0 Å². The molecule has 0 atom stereocenters. The van der Waals surface area contributed by atoms with Crippen molar-refractivity contribution in [1.29, 1.82) is 0 Å². The molecular formula is C7H8ClGe. The topological polar surface area (TPSA) is 0 Å². The summed E-state index contributed by atoms with van der Waals surface area (Å²) in [6, 6.07) is 10.3. The van der Waals surface area contributed by atoms with Crippen molar-refractivity contribution in [1.82, 2.24) is 0 Å². The summed E-state index contributed by atoms with van der Waals surface area (Å²) in [6.07, 6.45) is 0. The Hall–Kier alpha value is 0.0529. The second kappa shape index (κ2) is 3.28. The Morgan fingerprint density at radius 2 is 1.78 bits per heavy atom. The third-order valence-electron chi connectivity index (χ3n) is 1.17. The predicted octanol–water partition coefficient (Wildman–Crippen LogP) is 1.75. The quantitative estimate of drug-likeness (QED) is 0.606. The first-order valence-electron chi connectivity index (χ1n) is 2.85. The van der Waals surface area contributed by atoms with E-state index in [1.807, 2.05) is 18.2 Å². The summed E-state index contributed by atoms with van der Waals surface area (Å²) < 4.78 is 1.35. The molecule has 0 N–H and O–H groups in total. The number of hydrogen-bond acceptors (Lipinski definition) is 0. The Kier molecular flexibility index (Phi) is 2.61. The Labute approximate surface area is 64.1 Å². The molecule has 0 heterocycles. The van der Waals surface area contributed by atoms with Crippen LogP contribution in [-0.2, 0) is 0 Å².